The molecule has 1 aromatic heterocycles. The average Bonchev–Trinajstić information content (AvgIpc) is 3.33. The van der Waals surface area contributed by atoms with Crippen LogP contribution in [-0.4, -0.2) is 26.4 Å². The molecule has 3 aromatic rings. The quantitative estimate of drug-likeness (QED) is 0.137. The second-order valence-corrected chi connectivity index (χ2v) is 11.4. The molecule has 0 bridgehead atoms. The first-order chi connectivity index (χ1) is 19.2. The van der Waals surface area contributed by atoms with E-state index in [-0.39, 0.29) is 22.5 Å². The van der Waals surface area contributed by atoms with Crippen LogP contribution < -0.4 is 5.32 Å². The summed E-state index contributed by atoms with van der Waals surface area (Å²) in [6.07, 6.45) is 6.33. The van der Waals surface area contributed by atoms with Crippen molar-refractivity contribution in [3.05, 3.63) is 65.5 Å². The van der Waals surface area contributed by atoms with Crippen LogP contribution in [0.25, 0.3) is 5.69 Å². The molecule has 218 valence electrons. The Kier molecular flexibility index (Phi) is 12.6. The lowest BCUT2D eigenvalue weighted by atomic mass is 10.0. The number of nitrogens with zero attached hydrogens (tertiary/aromatic N) is 3. The number of unbranched alkanes of at least 4 members (excludes halogenated alkanes) is 8. The summed E-state index contributed by atoms with van der Waals surface area (Å²) >= 11 is 1.08. The number of alkyl halides is 3. The Balaban J connectivity index is 1.68. The standard InChI is InChI=1S/C31H41F3N4OS/c1-4-5-6-7-8-9-10-11-12-17-28-36-37-30(38(28)27-16-14-13-15-26(27)31(32,33)34)40-22-29(39)35-25-20-18-24(19-21-25)23(2)3/h13-16,18-21,23H,4-12,17,22H2,1-3H3,(H,35,39). The van der Waals surface area contributed by atoms with Crippen molar-refractivity contribution in [1.82, 2.24) is 14.8 Å². The number of para-hydroxylation sites is 1. The SMILES string of the molecule is CCCCCCCCCCCc1nnc(SCC(=O)Nc2ccc(C(C)C)cc2)n1-c1ccccc1C(F)(F)F. The highest BCUT2D eigenvalue weighted by molar-refractivity contribution is 7.99. The molecule has 9 heteroatoms. The zero-order chi connectivity index (χ0) is 29.0. The second-order valence-electron chi connectivity index (χ2n) is 10.4. The summed E-state index contributed by atoms with van der Waals surface area (Å²) in [6.45, 7) is 6.40. The highest BCUT2D eigenvalue weighted by Crippen LogP contribution is 2.36. The van der Waals surface area contributed by atoms with Crippen LogP contribution in [0.5, 0.6) is 0 Å². The molecule has 1 amide bonds. The van der Waals surface area contributed by atoms with Gasteiger partial charge in [-0.2, -0.15) is 13.2 Å². The summed E-state index contributed by atoms with van der Waals surface area (Å²) in [4.78, 5) is 12.7. The van der Waals surface area contributed by atoms with E-state index in [1.807, 2.05) is 24.3 Å². The smallest absolute Gasteiger partial charge is 0.325 e. The number of carbonyl (C=O) groups excluding carboxylic acids is 1. The van der Waals surface area contributed by atoms with Gasteiger partial charge in [0.15, 0.2) is 5.16 Å². The molecule has 0 spiro atoms. The van der Waals surface area contributed by atoms with Crippen molar-refractivity contribution in [2.75, 3.05) is 11.1 Å². The van der Waals surface area contributed by atoms with Gasteiger partial charge in [0.2, 0.25) is 5.91 Å². The third-order valence-electron chi connectivity index (χ3n) is 6.85. The lowest BCUT2D eigenvalue weighted by molar-refractivity contribution is -0.137. The Morgan fingerprint density at radius 2 is 1.52 bits per heavy atom. The van der Waals surface area contributed by atoms with Gasteiger partial charge in [0.25, 0.3) is 0 Å². The van der Waals surface area contributed by atoms with Crippen molar-refractivity contribution < 1.29 is 18.0 Å². The second kappa shape index (κ2) is 15.8. The highest BCUT2D eigenvalue weighted by atomic mass is 32.2. The minimum absolute atomic E-state index is 0.00369. The Morgan fingerprint density at radius 1 is 0.900 bits per heavy atom. The maximum absolute atomic E-state index is 13.9. The van der Waals surface area contributed by atoms with E-state index in [0.717, 1.165) is 37.1 Å². The van der Waals surface area contributed by atoms with Gasteiger partial charge in [-0.15, -0.1) is 10.2 Å². The normalized spacial score (nSPS) is 11.8. The highest BCUT2D eigenvalue weighted by Gasteiger charge is 2.35. The first-order valence-corrected chi connectivity index (χ1v) is 15.3. The summed E-state index contributed by atoms with van der Waals surface area (Å²) in [5, 5.41) is 11.6. The number of halogens is 3. The van der Waals surface area contributed by atoms with Gasteiger partial charge in [0.05, 0.1) is 17.0 Å². The molecule has 0 aliphatic carbocycles. The van der Waals surface area contributed by atoms with E-state index >= 15 is 0 Å². The molecule has 1 heterocycles. The fourth-order valence-electron chi connectivity index (χ4n) is 4.58. The lowest BCUT2D eigenvalue weighted by Gasteiger charge is -2.16. The van der Waals surface area contributed by atoms with Gasteiger partial charge in [-0.3, -0.25) is 9.36 Å². The molecule has 0 unspecified atom stereocenters. The number of hydrogen-bond acceptors (Lipinski definition) is 4. The number of thioether (sulfide) groups is 1. The Hall–Kier alpha value is -2.81. The van der Waals surface area contributed by atoms with Crippen molar-refractivity contribution in [3.8, 4) is 5.69 Å². The predicted molar refractivity (Wildman–Crippen MR) is 157 cm³/mol. The first kappa shape index (κ1) is 31.7. The van der Waals surface area contributed by atoms with Crippen molar-refractivity contribution >= 4 is 23.4 Å². The number of nitrogens with one attached hydrogen (secondary N) is 1. The van der Waals surface area contributed by atoms with Crippen molar-refractivity contribution in [2.45, 2.75) is 102 Å². The Labute approximate surface area is 240 Å². The third kappa shape index (κ3) is 9.68. The number of anilines is 1. The van der Waals surface area contributed by atoms with Gasteiger partial charge >= 0.3 is 6.18 Å². The van der Waals surface area contributed by atoms with Gasteiger partial charge in [-0.1, -0.05) is 108 Å². The number of aryl methyl sites for hydroxylation is 1. The van der Waals surface area contributed by atoms with Crippen LogP contribution in [0.2, 0.25) is 0 Å². The third-order valence-corrected chi connectivity index (χ3v) is 7.78. The monoisotopic (exact) mass is 574 g/mol. The zero-order valence-electron chi connectivity index (χ0n) is 23.8. The molecule has 0 aliphatic rings. The molecule has 0 radical (unpaired) electrons. The van der Waals surface area contributed by atoms with Crippen LogP contribution in [0.15, 0.2) is 53.7 Å². The van der Waals surface area contributed by atoms with E-state index in [4.69, 9.17) is 0 Å². The molecule has 0 aliphatic heterocycles. The lowest BCUT2D eigenvalue weighted by Crippen LogP contribution is -2.16. The van der Waals surface area contributed by atoms with Crippen molar-refractivity contribution in [2.24, 2.45) is 0 Å². The topological polar surface area (TPSA) is 59.8 Å². The van der Waals surface area contributed by atoms with Crippen LogP contribution in [0.1, 0.15) is 101 Å². The largest absolute Gasteiger partial charge is 0.418 e. The summed E-state index contributed by atoms with van der Waals surface area (Å²) in [5.41, 5.74) is 1.08. The van der Waals surface area contributed by atoms with Crippen LogP contribution >= 0.6 is 11.8 Å². The van der Waals surface area contributed by atoms with Gasteiger partial charge in [0, 0.05) is 12.1 Å². The summed E-state index contributed by atoms with van der Waals surface area (Å²) in [6, 6.07) is 13.1. The Morgan fingerprint density at radius 3 is 2.15 bits per heavy atom. The van der Waals surface area contributed by atoms with Crippen molar-refractivity contribution in [1.29, 1.82) is 0 Å². The van der Waals surface area contributed by atoms with Gasteiger partial charge in [-0.05, 0) is 42.2 Å². The fourth-order valence-corrected chi connectivity index (χ4v) is 5.34. The van der Waals surface area contributed by atoms with E-state index in [0.29, 0.717) is 23.9 Å². The van der Waals surface area contributed by atoms with Crippen LogP contribution in [0.4, 0.5) is 18.9 Å². The molecular weight excluding hydrogens is 533 g/mol. The molecular formula is C31H41F3N4OS. The predicted octanol–water partition coefficient (Wildman–Crippen LogP) is 9.21. The van der Waals surface area contributed by atoms with E-state index in [1.54, 1.807) is 6.07 Å². The zero-order valence-corrected chi connectivity index (χ0v) is 24.6. The molecule has 5 nitrogen and oxygen atoms in total. The first-order valence-electron chi connectivity index (χ1n) is 14.3. The molecule has 1 N–H and O–H groups in total. The van der Waals surface area contributed by atoms with E-state index < -0.39 is 11.7 Å². The number of carbonyl (C=O) groups is 1. The summed E-state index contributed by atoms with van der Waals surface area (Å²) < 4.78 is 43.2. The van der Waals surface area contributed by atoms with E-state index in [9.17, 15) is 18.0 Å². The summed E-state index contributed by atoms with van der Waals surface area (Å²) in [5.74, 6) is 0.597. The Bertz CT molecular complexity index is 1190. The average molecular weight is 575 g/mol. The minimum Gasteiger partial charge on any atom is -0.325 e. The molecule has 2 aromatic carbocycles. The van der Waals surface area contributed by atoms with Crippen LogP contribution in [-0.2, 0) is 17.4 Å². The summed E-state index contributed by atoms with van der Waals surface area (Å²) in [7, 11) is 0. The van der Waals surface area contributed by atoms with E-state index in [2.05, 4.69) is 36.3 Å². The van der Waals surface area contributed by atoms with Crippen LogP contribution in [0.3, 0.4) is 0 Å². The molecule has 3 rings (SSSR count). The fraction of sp³-hybridized carbons (Fsp3) is 0.516. The molecule has 40 heavy (non-hydrogen) atoms. The number of rotatable bonds is 16. The number of amides is 1. The van der Waals surface area contributed by atoms with Crippen molar-refractivity contribution in [3.63, 3.8) is 0 Å². The van der Waals surface area contributed by atoms with Gasteiger partial charge < -0.3 is 5.32 Å². The molecule has 0 saturated carbocycles. The van der Waals surface area contributed by atoms with Crippen LogP contribution in [0, 0.1) is 0 Å². The maximum atomic E-state index is 13.9. The number of benzene rings is 2. The van der Waals surface area contributed by atoms with Gasteiger partial charge in [0.1, 0.15) is 5.82 Å². The molecule has 0 atom stereocenters. The van der Waals surface area contributed by atoms with E-state index in [1.165, 1.54) is 60.8 Å². The number of aromatic nitrogens is 3. The minimum atomic E-state index is -4.53. The molecule has 0 saturated heterocycles. The number of hydrogen-bond donors (Lipinski definition) is 1. The molecule has 0 fully saturated rings. The van der Waals surface area contributed by atoms with Gasteiger partial charge in [-0.25, -0.2) is 0 Å². The maximum Gasteiger partial charge on any atom is 0.418 e.